The van der Waals surface area contributed by atoms with Gasteiger partial charge in [0, 0.05) is 5.56 Å². The first kappa shape index (κ1) is 13.9. The minimum atomic E-state index is -4.87. The summed E-state index contributed by atoms with van der Waals surface area (Å²) in [5.74, 6) is 0.905. The monoisotopic (exact) mass is 257 g/mol. The van der Waals surface area contributed by atoms with E-state index in [0.29, 0.717) is 11.3 Å². The molecule has 1 N–H and O–H groups in total. The van der Waals surface area contributed by atoms with Gasteiger partial charge in [-0.1, -0.05) is 5.92 Å². The molecule has 0 aliphatic rings. The molecule has 0 unspecified atom stereocenters. The highest BCUT2D eigenvalue weighted by molar-refractivity contribution is 5.81. The molecule has 0 bridgehead atoms. The molecule has 18 heavy (non-hydrogen) atoms. The Bertz CT molecular complexity index is 446. The van der Waals surface area contributed by atoms with Crippen LogP contribution in [0.5, 0.6) is 5.75 Å². The predicted octanol–water partition coefficient (Wildman–Crippen LogP) is 1.73. The number of hydrogen-bond donors (Lipinski definition) is 1. The van der Waals surface area contributed by atoms with E-state index in [1.807, 2.05) is 0 Å². The molecule has 3 nitrogen and oxygen atoms in total. The zero-order valence-electron chi connectivity index (χ0n) is 9.25. The smallest absolute Gasteiger partial charge is 0.471 e. The molecule has 6 heteroatoms. The molecule has 0 radical (unpaired) electrons. The standard InChI is InChI=1S/C12H10F3NO2/c1-2-9-3-5-10(6-4-9)18-8-7-16-11(17)12(13,14)15/h1,3-6H,7-8H2,(H,16,17). The third-order valence-corrected chi connectivity index (χ3v) is 1.93. The highest BCUT2D eigenvalue weighted by atomic mass is 19.4. The summed E-state index contributed by atoms with van der Waals surface area (Å²) in [5.41, 5.74) is 0.674. The molecule has 96 valence electrons. The number of nitrogens with one attached hydrogen (secondary N) is 1. The van der Waals surface area contributed by atoms with Crippen molar-refractivity contribution in [2.24, 2.45) is 0 Å². The minimum Gasteiger partial charge on any atom is -0.492 e. The maximum atomic E-state index is 11.8. The zero-order chi connectivity index (χ0) is 13.6. The van der Waals surface area contributed by atoms with E-state index in [1.165, 1.54) is 0 Å². The lowest BCUT2D eigenvalue weighted by Gasteiger charge is -2.09. The number of hydrogen-bond acceptors (Lipinski definition) is 2. The fourth-order valence-corrected chi connectivity index (χ4v) is 1.08. The minimum absolute atomic E-state index is 0.0583. The van der Waals surface area contributed by atoms with Crippen LogP contribution < -0.4 is 10.1 Å². The second kappa shape index (κ2) is 5.96. The van der Waals surface area contributed by atoms with Gasteiger partial charge in [0.2, 0.25) is 0 Å². The molecule has 1 rings (SSSR count). The van der Waals surface area contributed by atoms with Gasteiger partial charge in [-0.2, -0.15) is 13.2 Å². The first-order valence-corrected chi connectivity index (χ1v) is 4.98. The van der Waals surface area contributed by atoms with Crippen LogP contribution >= 0.6 is 0 Å². The molecule has 0 spiro atoms. The van der Waals surface area contributed by atoms with Crippen LogP contribution in [0.3, 0.4) is 0 Å². The Morgan fingerprint density at radius 3 is 2.44 bits per heavy atom. The molecule has 0 atom stereocenters. The van der Waals surface area contributed by atoms with E-state index in [4.69, 9.17) is 11.2 Å². The van der Waals surface area contributed by atoms with E-state index in [9.17, 15) is 18.0 Å². The molecular formula is C12H10F3NO2. The Morgan fingerprint density at radius 2 is 1.94 bits per heavy atom. The lowest BCUT2D eigenvalue weighted by atomic mass is 10.2. The quantitative estimate of drug-likeness (QED) is 0.659. The van der Waals surface area contributed by atoms with Crippen molar-refractivity contribution in [1.29, 1.82) is 0 Å². The molecule has 0 aliphatic carbocycles. The number of amides is 1. The molecule has 0 heterocycles. The van der Waals surface area contributed by atoms with Crippen LogP contribution in [0.15, 0.2) is 24.3 Å². The lowest BCUT2D eigenvalue weighted by Crippen LogP contribution is -2.38. The summed E-state index contributed by atoms with van der Waals surface area (Å²) < 4.78 is 40.6. The first-order chi connectivity index (χ1) is 8.43. The Morgan fingerprint density at radius 1 is 1.33 bits per heavy atom. The van der Waals surface area contributed by atoms with Crippen LogP contribution in [-0.2, 0) is 4.79 Å². The van der Waals surface area contributed by atoms with Crippen LogP contribution in [0.4, 0.5) is 13.2 Å². The van der Waals surface area contributed by atoms with Gasteiger partial charge in [0.1, 0.15) is 12.4 Å². The Kier molecular flexibility index (Phi) is 4.60. The highest BCUT2D eigenvalue weighted by Crippen LogP contribution is 2.14. The maximum absolute atomic E-state index is 11.8. The number of alkyl halides is 3. The van der Waals surface area contributed by atoms with Gasteiger partial charge in [-0.15, -0.1) is 6.42 Å². The third-order valence-electron chi connectivity index (χ3n) is 1.93. The van der Waals surface area contributed by atoms with Crippen molar-refractivity contribution >= 4 is 5.91 Å². The molecular weight excluding hydrogens is 247 g/mol. The van der Waals surface area contributed by atoms with Crippen molar-refractivity contribution in [3.63, 3.8) is 0 Å². The van der Waals surface area contributed by atoms with E-state index in [-0.39, 0.29) is 13.2 Å². The second-order valence-electron chi connectivity index (χ2n) is 3.27. The van der Waals surface area contributed by atoms with Crippen molar-refractivity contribution < 1.29 is 22.7 Å². The normalized spacial score (nSPS) is 10.6. The summed E-state index contributed by atoms with van der Waals surface area (Å²) in [4.78, 5) is 10.4. The Hall–Kier alpha value is -2.16. The van der Waals surface area contributed by atoms with Gasteiger partial charge in [0.15, 0.2) is 0 Å². The van der Waals surface area contributed by atoms with E-state index in [2.05, 4.69) is 5.92 Å². The number of halogens is 3. The molecule has 0 saturated heterocycles. The molecule has 0 aromatic heterocycles. The summed E-state index contributed by atoms with van der Waals surface area (Å²) in [6.45, 7) is -0.285. The van der Waals surface area contributed by atoms with E-state index in [0.717, 1.165) is 0 Å². The highest BCUT2D eigenvalue weighted by Gasteiger charge is 2.38. The van der Waals surface area contributed by atoms with Crippen molar-refractivity contribution in [1.82, 2.24) is 5.32 Å². The Labute approximate surface area is 102 Å². The van der Waals surface area contributed by atoms with Crippen LogP contribution in [0.25, 0.3) is 0 Å². The molecule has 1 aromatic carbocycles. The van der Waals surface area contributed by atoms with Crippen LogP contribution in [0, 0.1) is 12.3 Å². The van der Waals surface area contributed by atoms with Crippen LogP contribution in [0.1, 0.15) is 5.56 Å². The summed E-state index contributed by atoms with van der Waals surface area (Å²) in [5, 5.41) is 1.69. The van der Waals surface area contributed by atoms with Crippen molar-refractivity contribution in [3.05, 3.63) is 29.8 Å². The number of terminal acetylenes is 1. The van der Waals surface area contributed by atoms with Crippen molar-refractivity contribution in [2.75, 3.05) is 13.2 Å². The van der Waals surface area contributed by atoms with Crippen LogP contribution in [0.2, 0.25) is 0 Å². The molecule has 0 fully saturated rings. The van der Waals surface area contributed by atoms with Crippen molar-refractivity contribution in [2.45, 2.75) is 6.18 Å². The van der Waals surface area contributed by atoms with Gasteiger partial charge in [-0.25, -0.2) is 0 Å². The average Bonchev–Trinajstić information content (AvgIpc) is 2.34. The predicted molar refractivity (Wildman–Crippen MR) is 58.9 cm³/mol. The molecule has 0 aliphatic heterocycles. The number of ether oxygens (including phenoxy) is 1. The lowest BCUT2D eigenvalue weighted by molar-refractivity contribution is -0.173. The maximum Gasteiger partial charge on any atom is 0.471 e. The van der Waals surface area contributed by atoms with Gasteiger partial charge >= 0.3 is 12.1 Å². The zero-order valence-corrected chi connectivity index (χ0v) is 9.25. The largest absolute Gasteiger partial charge is 0.492 e. The average molecular weight is 257 g/mol. The van der Waals surface area contributed by atoms with Gasteiger partial charge < -0.3 is 10.1 Å². The number of carbonyl (C=O) groups is 1. The fourth-order valence-electron chi connectivity index (χ4n) is 1.08. The number of carbonyl (C=O) groups excluding carboxylic acids is 1. The van der Waals surface area contributed by atoms with E-state index < -0.39 is 12.1 Å². The number of rotatable bonds is 4. The molecule has 1 amide bonds. The number of benzene rings is 1. The summed E-state index contributed by atoms with van der Waals surface area (Å²) >= 11 is 0. The second-order valence-corrected chi connectivity index (χ2v) is 3.27. The van der Waals surface area contributed by atoms with E-state index >= 15 is 0 Å². The first-order valence-electron chi connectivity index (χ1n) is 4.98. The summed E-state index contributed by atoms with van der Waals surface area (Å²) in [6.07, 6.45) is 0.284. The molecule has 0 saturated carbocycles. The van der Waals surface area contributed by atoms with Crippen molar-refractivity contribution in [3.8, 4) is 18.1 Å². The SMILES string of the molecule is C#Cc1ccc(OCCNC(=O)C(F)(F)F)cc1. The summed E-state index contributed by atoms with van der Waals surface area (Å²) in [7, 11) is 0. The van der Waals surface area contributed by atoms with Gasteiger partial charge in [-0.05, 0) is 24.3 Å². The molecule has 1 aromatic rings. The van der Waals surface area contributed by atoms with Gasteiger partial charge in [-0.3, -0.25) is 4.79 Å². The summed E-state index contributed by atoms with van der Waals surface area (Å²) in [6, 6.07) is 6.48. The van der Waals surface area contributed by atoms with Gasteiger partial charge in [0.05, 0.1) is 6.54 Å². The Balaban J connectivity index is 2.30. The van der Waals surface area contributed by atoms with E-state index in [1.54, 1.807) is 29.6 Å². The fraction of sp³-hybridized carbons (Fsp3) is 0.250. The topological polar surface area (TPSA) is 38.3 Å². The third kappa shape index (κ3) is 4.37. The van der Waals surface area contributed by atoms with Gasteiger partial charge in [0.25, 0.3) is 0 Å². The van der Waals surface area contributed by atoms with Crippen LogP contribution in [-0.4, -0.2) is 25.2 Å².